The number of nitrogens with one attached hydrogen (secondary N) is 2. The number of H-pyrrole nitrogens is 1. The standard InChI is InChI=1S/C15H18N4O3/c20-15(9-1-3-11-12(7-9)18-19-17-11)16-10-2-4-13-14(8-10)22-6-5-21-13/h1,3,7,10,13-14H,2,4-6,8H2,(H,16,20)(H,17,18,19). The summed E-state index contributed by atoms with van der Waals surface area (Å²) in [5.74, 6) is -0.0786. The Morgan fingerprint density at radius 2 is 1.95 bits per heavy atom. The van der Waals surface area contributed by atoms with Crippen LogP contribution in [0.3, 0.4) is 0 Å². The van der Waals surface area contributed by atoms with Crippen LogP contribution >= 0.6 is 0 Å². The molecule has 1 saturated carbocycles. The Morgan fingerprint density at radius 3 is 2.86 bits per heavy atom. The molecule has 2 N–H and O–H groups in total. The Kier molecular flexibility index (Phi) is 3.51. The van der Waals surface area contributed by atoms with E-state index in [9.17, 15) is 4.79 Å². The highest BCUT2D eigenvalue weighted by molar-refractivity contribution is 5.97. The maximum atomic E-state index is 12.4. The molecule has 1 aromatic carbocycles. The van der Waals surface area contributed by atoms with Gasteiger partial charge in [-0.05, 0) is 37.5 Å². The molecular formula is C15H18N4O3. The molecule has 116 valence electrons. The highest BCUT2D eigenvalue weighted by atomic mass is 16.6. The summed E-state index contributed by atoms with van der Waals surface area (Å²) >= 11 is 0. The van der Waals surface area contributed by atoms with Gasteiger partial charge in [0.1, 0.15) is 11.0 Å². The molecule has 0 bridgehead atoms. The molecule has 0 radical (unpaired) electrons. The minimum atomic E-state index is -0.0786. The number of aromatic amines is 1. The van der Waals surface area contributed by atoms with E-state index >= 15 is 0 Å². The van der Waals surface area contributed by atoms with Gasteiger partial charge >= 0.3 is 0 Å². The first-order valence-electron chi connectivity index (χ1n) is 7.64. The van der Waals surface area contributed by atoms with Crippen LogP contribution in [0.2, 0.25) is 0 Å². The van der Waals surface area contributed by atoms with E-state index in [2.05, 4.69) is 20.7 Å². The average Bonchev–Trinajstić information content (AvgIpc) is 3.02. The monoisotopic (exact) mass is 302 g/mol. The summed E-state index contributed by atoms with van der Waals surface area (Å²) in [7, 11) is 0. The quantitative estimate of drug-likeness (QED) is 0.864. The molecule has 1 amide bonds. The van der Waals surface area contributed by atoms with Gasteiger partial charge in [0.25, 0.3) is 5.91 Å². The summed E-state index contributed by atoms with van der Waals surface area (Å²) in [5.41, 5.74) is 2.05. The minimum absolute atomic E-state index is 0.0786. The molecule has 0 spiro atoms. The SMILES string of the molecule is O=C(NC1CCC2OCCOC2C1)c1ccc2n[nH]nc2c1. The molecule has 3 unspecified atom stereocenters. The zero-order valence-electron chi connectivity index (χ0n) is 12.1. The molecule has 3 atom stereocenters. The van der Waals surface area contributed by atoms with E-state index in [1.807, 2.05) is 0 Å². The summed E-state index contributed by atoms with van der Waals surface area (Å²) in [4.78, 5) is 12.4. The third-order valence-electron chi connectivity index (χ3n) is 4.39. The van der Waals surface area contributed by atoms with Crippen LogP contribution in [0.1, 0.15) is 29.6 Å². The molecule has 22 heavy (non-hydrogen) atoms. The molecule has 2 aromatic rings. The molecule has 2 heterocycles. The van der Waals surface area contributed by atoms with Gasteiger partial charge in [-0.2, -0.15) is 15.4 Å². The molecule has 1 aliphatic carbocycles. The van der Waals surface area contributed by atoms with E-state index in [-0.39, 0.29) is 24.2 Å². The summed E-state index contributed by atoms with van der Waals surface area (Å²) in [6, 6.07) is 5.44. The van der Waals surface area contributed by atoms with Gasteiger partial charge in [0.15, 0.2) is 0 Å². The van der Waals surface area contributed by atoms with Crippen LogP contribution in [-0.4, -0.2) is 52.8 Å². The van der Waals surface area contributed by atoms with Gasteiger partial charge in [0, 0.05) is 11.6 Å². The smallest absolute Gasteiger partial charge is 0.251 e. The van der Waals surface area contributed by atoms with Crippen LogP contribution in [0.25, 0.3) is 11.0 Å². The van der Waals surface area contributed by atoms with Crippen LogP contribution in [-0.2, 0) is 9.47 Å². The second kappa shape index (κ2) is 5.66. The molecule has 4 rings (SSSR count). The molecule has 7 nitrogen and oxygen atoms in total. The summed E-state index contributed by atoms with van der Waals surface area (Å²) in [5, 5.41) is 13.6. The van der Waals surface area contributed by atoms with Crippen LogP contribution in [0.4, 0.5) is 0 Å². The molecule has 2 fully saturated rings. The Bertz CT molecular complexity index is 686. The van der Waals surface area contributed by atoms with Gasteiger partial charge in [-0.3, -0.25) is 4.79 Å². The van der Waals surface area contributed by atoms with Crippen molar-refractivity contribution in [2.75, 3.05) is 13.2 Å². The van der Waals surface area contributed by atoms with Crippen molar-refractivity contribution >= 4 is 16.9 Å². The van der Waals surface area contributed by atoms with Crippen molar-refractivity contribution in [3.05, 3.63) is 23.8 Å². The normalized spacial score (nSPS) is 28.3. The van der Waals surface area contributed by atoms with E-state index in [0.29, 0.717) is 24.3 Å². The molecule has 2 aliphatic rings. The molecule has 1 saturated heterocycles. The van der Waals surface area contributed by atoms with Gasteiger partial charge in [0.2, 0.25) is 0 Å². The third kappa shape index (κ3) is 2.57. The van der Waals surface area contributed by atoms with Crippen LogP contribution in [0, 0.1) is 0 Å². The molecular weight excluding hydrogens is 284 g/mol. The van der Waals surface area contributed by atoms with Crippen molar-refractivity contribution in [1.82, 2.24) is 20.7 Å². The van der Waals surface area contributed by atoms with Crippen molar-refractivity contribution in [3.63, 3.8) is 0 Å². The maximum absolute atomic E-state index is 12.4. The fraction of sp³-hybridized carbons (Fsp3) is 0.533. The van der Waals surface area contributed by atoms with Crippen molar-refractivity contribution in [3.8, 4) is 0 Å². The predicted octanol–water partition coefficient (Wildman–Crippen LogP) is 1.02. The van der Waals surface area contributed by atoms with Crippen molar-refractivity contribution in [2.24, 2.45) is 0 Å². The highest BCUT2D eigenvalue weighted by Crippen LogP contribution is 2.27. The van der Waals surface area contributed by atoms with Crippen molar-refractivity contribution < 1.29 is 14.3 Å². The first kappa shape index (κ1) is 13.7. The number of carbonyl (C=O) groups is 1. The first-order valence-corrected chi connectivity index (χ1v) is 7.64. The van der Waals surface area contributed by atoms with Gasteiger partial charge in [0.05, 0.1) is 25.4 Å². The second-order valence-electron chi connectivity index (χ2n) is 5.83. The number of fused-ring (bicyclic) bond motifs is 2. The van der Waals surface area contributed by atoms with E-state index in [0.717, 1.165) is 24.8 Å². The van der Waals surface area contributed by atoms with Gasteiger partial charge in [-0.1, -0.05) is 0 Å². The Balaban J connectivity index is 1.43. The van der Waals surface area contributed by atoms with E-state index in [1.165, 1.54) is 0 Å². The van der Waals surface area contributed by atoms with E-state index in [1.54, 1.807) is 18.2 Å². The van der Waals surface area contributed by atoms with Gasteiger partial charge < -0.3 is 14.8 Å². The number of benzene rings is 1. The largest absolute Gasteiger partial charge is 0.373 e. The number of rotatable bonds is 2. The topological polar surface area (TPSA) is 89.1 Å². The Morgan fingerprint density at radius 1 is 1.14 bits per heavy atom. The van der Waals surface area contributed by atoms with Crippen LogP contribution in [0.5, 0.6) is 0 Å². The summed E-state index contributed by atoms with van der Waals surface area (Å²) in [6.45, 7) is 1.32. The van der Waals surface area contributed by atoms with Crippen LogP contribution < -0.4 is 5.32 Å². The second-order valence-corrected chi connectivity index (χ2v) is 5.83. The van der Waals surface area contributed by atoms with Gasteiger partial charge in [-0.15, -0.1) is 0 Å². The summed E-state index contributed by atoms with van der Waals surface area (Å²) in [6.07, 6.45) is 2.95. The lowest BCUT2D eigenvalue weighted by Gasteiger charge is -2.39. The van der Waals surface area contributed by atoms with E-state index < -0.39 is 0 Å². The maximum Gasteiger partial charge on any atom is 0.251 e. The minimum Gasteiger partial charge on any atom is -0.373 e. The van der Waals surface area contributed by atoms with Crippen LogP contribution in [0.15, 0.2) is 18.2 Å². The highest BCUT2D eigenvalue weighted by Gasteiger charge is 2.34. The third-order valence-corrected chi connectivity index (χ3v) is 4.39. The number of hydrogen-bond donors (Lipinski definition) is 2. The predicted molar refractivity (Wildman–Crippen MR) is 78.5 cm³/mol. The number of nitrogens with zero attached hydrogens (tertiary/aromatic N) is 2. The fourth-order valence-corrected chi connectivity index (χ4v) is 3.25. The number of amides is 1. The Hall–Kier alpha value is -1.99. The number of hydrogen-bond acceptors (Lipinski definition) is 5. The fourth-order valence-electron chi connectivity index (χ4n) is 3.25. The van der Waals surface area contributed by atoms with Crippen molar-refractivity contribution in [2.45, 2.75) is 37.5 Å². The summed E-state index contributed by atoms with van der Waals surface area (Å²) < 4.78 is 11.5. The van der Waals surface area contributed by atoms with E-state index in [4.69, 9.17) is 9.47 Å². The Labute approximate surface area is 127 Å². The lowest BCUT2D eigenvalue weighted by atomic mass is 9.89. The number of aromatic nitrogens is 3. The molecule has 7 heteroatoms. The first-order chi connectivity index (χ1) is 10.8. The van der Waals surface area contributed by atoms with Gasteiger partial charge in [-0.25, -0.2) is 0 Å². The average molecular weight is 302 g/mol. The lowest BCUT2D eigenvalue weighted by Crippen LogP contribution is -2.49. The zero-order valence-corrected chi connectivity index (χ0v) is 12.1. The molecule has 1 aromatic heterocycles. The van der Waals surface area contributed by atoms with Crippen molar-refractivity contribution in [1.29, 1.82) is 0 Å². The number of carbonyl (C=O) groups excluding carboxylic acids is 1. The number of ether oxygens (including phenoxy) is 2. The lowest BCUT2D eigenvalue weighted by molar-refractivity contribution is -0.157. The zero-order chi connectivity index (χ0) is 14.9. The molecule has 1 aliphatic heterocycles.